The molecule has 0 saturated heterocycles. The van der Waals surface area contributed by atoms with E-state index in [1.54, 1.807) is 7.05 Å². The van der Waals surface area contributed by atoms with Crippen LogP contribution in [0.25, 0.3) is 0 Å². The van der Waals surface area contributed by atoms with E-state index < -0.39 is 0 Å². The van der Waals surface area contributed by atoms with Crippen molar-refractivity contribution in [3.05, 3.63) is 0 Å². The summed E-state index contributed by atoms with van der Waals surface area (Å²) in [6.45, 7) is 7.32. The summed E-state index contributed by atoms with van der Waals surface area (Å²) in [5.41, 5.74) is 0. The van der Waals surface area contributed by atoms with E-state index in [1.165, 1.54) is 0 Å². The van der Waals surface area contributed by atoms with Gasteiger partial charge in [0, 0.05) is 20.1 Å². The number of carbonyl (C=O) groups excluding carboxylic acids is 1. The van der Waals surface area contributed by atoms with Crippen LogP contribution in [-0.4, -0.2) is 26.2 Å². The molecule has 3 nitrogen and oxygen atoms in total. The second-order valence-electron chi connectivity index (χ2n) is 2.04. The van der Waals surface area contributed by atoms with Crippen molar-refractivity contribution < 1.29 is 9.53 Å². The van der Waals surface area contributed by atoms with Crippen molar-refractivity contribution >= 4 is 5.91 Å². The molecule has 0 fully saturated rings. The summed E-state index contributed by atoms with van der Waals surface area (Å²) in [6, 6.07) is 0. The summed E-state index contributed by atoms with van der Waals surface area (Å²) in [4.78, 5) is 10.6. The van der Waals surface area contributed by atoms with Crippen molar-refractivity contribution in [3.63, 3.8) is 0 Å². The molecule has 0 aliphatic heterocycles. The van der Waals surface area contributed by atoms with Gasteiger partial charge in [-0.1, -0.05) is 20.8 Å². The first-order valence-corrected chi connectivity index (χ1v) is 4.59. The van der Waals surface area contributed by atoms with Crippen LogP contribution in [-0.2, 0) is 9.53 Å². The lowest BCUT2D eigenvalue weighted by Crippen LogP contribution is -2.19. The van der Waals surface area contributed by atoms with Gasteiger partial charge in [0.1, 0.15) is 0 Å². The fourth-order valence-electron chi connectivity index (χ4n) is 0.536. The Bertz CT molecular complexity index is 94.5. The summed E-state index contributed by atoms with van der Waals surface area (Å²) in [7, 11) is 1.63. The van der Waals surface area contributed by atoms with Gasteiger partial charge in [-0.15, -0.1) is 0 Å². The van der Waals surface area contributed by atoms with Gasteiger partial charge < -0.3 is 10.1 Å². The Morgan fingerprint density at radius 3 is 2.33 bits per heavy atom. The van der Waals surface area contributed by atoms with E-state index in [4.69, 9.17) is 4.74 Å². The summed E-state index contributed by atoms with van der Waals surface area (Å²) >= 11 is 0. The highest BCUT2D eigenvalue weighted by atomic mass is 16.5. The van der Waals surface area contributed by atoms with Gasteiger partial charge in [-0.25, -0.2) is 0 Å². The minimum Gasteiger partial charge on any atom is -0.381 e. The molecule has 0 spiro atoms. The number of hydrogen-bond acceptors (Lipinski definition) is 2. The zero-order valence-corrected chi connectivity index (χ0v) is 8.64. The molecule has 0 atom stereocenters. The maximum atomic E-state index is 10.6. The van der Waals surface area contributed by atoms with Crippen molar-refractivity contribution in [1.82, 2.24) is 5.32 Å². The molecule has 0 bridgehead atoms. The minimum atomic E-state index is 0.0381. The lowest BCUT2D eigenvalue weighted by atomic mass is 10.4. The average molecular weight is 175 g/mol. The largest absolute Gasteiger partial charge is 0.381 e. The molecule has 3 heteroatoms. The summed E-state index contributed by atoms with van der Waals surface area (Å²) in [5, 5.41) is 2.52. The normalized spacial score (nSPS) is 8.33. The van der Waals surface area contributed by atoms with Gasteiger partial charge in [-0.05, 0) is 6.42 Å². The Morgan fingerprint density at radius 1 is 1.33 bits per heavy atom. The topological polar surface area (TPSA) is 38.3 Å². The van der Waals surface area contributed by atoms with Gasteiger partial charge in [0.25, 0.3) is 0 Å². The highest BCUT2D eigenvalue weighted by Crippen LogP contribution is 1.84. The third-order valence-corrected chi connectivity index (χ3v) is 1.10. The minimum absolute atomic E-state index is 0.0381. The number of ether oxygens (including phenoxy) is 1. The molecule has 0 radical (unpaired) electrons. The zero-order valence-electron chi connectivity index (χ0n) is 8.64. The molecule has 0 aromatic carbocycles. The van der Waals surface area contributed by atoms with Gasteiger partial charge in [0.2, 0.25) is 5.91 Å². The van der Waals surface area contributed by atoms with Gasteiger partial charge in [0.15, 0.2) is 0 Å². The van der Waals surface area contributed by atoms with Crippen molar-refractivity contribution in [3.8, 4) is 0 Å². The van der Waals surface area contributed by atoms with Crippen LogP contribution in [0.15, 0.2) is 0 Å². The lowest BCUT2D eigenvalue weighted by molar-refractivity contribution is -0.121. The predicted molar refractivity (Wildman–Crippen MR) is 51.1 cm³/mol. The van der Waals surface area contributed by atoms with Gasteiger partial charge in [-0.3, -0.25) is 4.79 Å². The quantitative estimate of drug-likeness (QED) is 0.644. The molecule has 0 aromatic rings. The van der Waals surface area contributed by atoms with Crippen LogP contribution in [0.2, 0.25) is 0 Å². The van der Waals surface area contributed by atoms with Crippen molar-refractivity contribution in [1.29, 1.82) is 0 Å². The number of nitrogens with one attached hydrogen (secondary N) is 1. The monoisotopic (exact) mass is 175 g/mol. The second kappa shape index (κ2) is 13.1. The first-order chi connectivity index (χ1) is 5.81. The summed E-state index contributed by atoms with van der Waals surface area (Å²) < 4.78 is 5.09. The molecule has 74 valence electrons. The number of carbonyl (C=O) groups is 1. The van der Waals surface area contributed by atoms with Gasteiger partial charge in [-0.2, -0.15) is 0 Å². The first-order valence-electron chi connectivity index (χ1n) is 4.59. The van der Waals surface area contributed by atoms with Crippen LogP contribution in [0.4, 0.5) is 0 Å². The van der Waals surface area contributed by atoms with E-state index >= 15 is 0 Å². The van der Waals surface area contributed by atoms with Gasteiger partial charge >= 0.3 is 0 Å². The van der Waals surface area contributed by atoms with Crippen molar-refractivity contribution in [2.24, 2.45) is 0 Å². The molecule has 0 heterocycles. The van der Waals surface area contributed by atoms with Crippen LogP contribution in [0.1, 0.15) is 33.6 Å². The lowest BCUT2D eigenvalue weighted by Gasteiger charge is -2.00. The van der Waals surface area contributed by atoms with Crippen LogP contribution in [0, 0.1) is 0 Å². The molecule has 12 heavy (non-hydrogen) atoms. The van der Waals surface area contributed by atoms with E-state index in [9.17, 15) is 4.79 Å². The number of rotatable bonds is 5. The van der Waals surface area contributed by atoms with Gasteiger partial charge in [0.05, 0.1) is 6.61 Å². The Kier molecular flexibility index (Phi) is 15.2. The fourth-order valence-corrected chi connectivity index (χ4v) is 0.536. The Balaban J connectivity index is 0. The zero-order chi connectivity index (χ0) is 9.82. The smallest absolute Gasteiger partial charge is 0.222 e. The van der Waals surface area contributed by atoms with E-state index in [-0.39, 0.29) is 5.91 Å². The van der Waals surface area contributed by atoms with Crippen molar-refractivity contribution in [2.75, 3.05) is 20.3 Å². The van der Waals surface area contributed by atoms with Crippen molar-refractivity contribution in [2.45, 2.75) is 33.6 Å². The SMILES string of the molecule is CC.CCCOCCC(=O)NC. The average Bonchev–Trinajstić information content (AvgIpc) is 2.15. The van der Waals surface area contributed by atoms with E-state index in [0.717, 1.165) is 13.0 Å². The first kappa shape index (κ1) is 14.0. The molecule has 0 unspecified atom stereocenters. The van der Waals surface area contributed by atoms with Crippen LogP contribution in [0.5, 0.6) is 0 Å². The Labute approximate surface area is 75.5 Å². The van der Waals surface area contributed by atoms with Crippen LogP contribution >= 0.6 is 0 Å². The fraction of sp³-hybridized carbons (Fsp3) is 0.889. The third-order valence-electron chi connectivity index (χ3n) is 1.10. The molecule has 0 saturated carbocycles. The highest BCUT2D eigenvalue weighted by Gasteiger charge is 1.95. The molecular formula is C9H21NO2. The highest BCUT2D eigenvalue weighted by molar-refractivity contribution is 5.75. The Hall–Kier alpha value is -0.570. The maximum Gasteiger partial charge on any atom is 0.222 e. The molecule has 0 aliphatic carbocycles. The molecule has 0 aliphatic rings. The maximum absolute atomic E-state index is 10.6. The molecule has 0 aromatic heterocycles. The predicted octanol–water partition coefficient (Wildman–Crippen LogP) is 1.58. The summed E-state index contributed by atoms with van der Waals surface area (Å²) in [5.74, 6) is 0.0381. The van der Waals surface area contributed by atoms with E-state index in [0.29, 0.717) is 13.0 Å². The standard InChI is InChI=1S/C7H15NO2.C2H6/c1-3-5-10-6-4-7(9)8-2;1-2/h3-6H2,1-2H3,(H,8,9);1-2H3. The third kappa shape index (κ3) is 12.1. The molecule has 0 rings (SSSR count). The van der Waals surface area contributed by atoms with Crippen LogP contribution in [0.3, 0.4) is 0 Å². The number of hydrogen-bond donors (Lipinski definition) is 1. The second-order valence-corrected chi connectivity index (χ2v) is 2.04. The van der Waals surface area contributed by atoms with E-state index in [1.807, 2.05) is 20.8 Å². The Morgan fingerprint density at radius 2 is 1.92 bits per heavy atom. The molecule has 1 amide bonds. The van der Waals surface area contributed by atoms with E-state index in [2.05, 4.69) is 5.32 Å². The number of amides is 1. The van der Waals surface area contributed by atoms with Crippen LogP contribution < -0.4 is 5.32 Å². The molecular weight excluding hydrogens is 154 g/mol. The summed E-state index contributed by atoms with van der Waals surface area (Å²) in [6.07, 6.45) is 1.48. The molecule has 1 N–H and O–H groups in total.